The van der Waals surface area contributed by atoms with Crippen molar-refractivity contribution in [2.24, 2.45) is 0 Å². The van der Waals surface area contributed by atoms with Crippen LogP contribution < -0.4 is 15.0 Å². The largest absolute Gasteiger partial charge is 0.479 e. The topological polar surface area (TPSA) is 95.9 Å². The summed E-state index contributed by atoms with van der Waals surface area (Å²) in [5, 5.41) is 11.9. The third kappa shape index (κ3) is 3.62. The molecule has 0 bridgehead atoms. The average Bonchev–Trinajstić information content (AvgIpc) is 2.60. The molecule has 1 unspecified atom stereocenters. The summed E-state index contributed by atoms with van der Waals surface area (Å²) in [6.45, 7) is 1.38. The van der Waals surface area contributed by atoms with E-state index in [1.807, 2.05) is 0 Å². The zero-order valence-corrected chi connectivity index (χ0v) is 14.5. The van der Waals surface area contributed by atoms with Gasteiger partial charge in [0.1, 0.15) is 12.3 Å². The van der Waals surface area contributed by atoms with Gasteiger partial charge in [-0.05, 0) is 49.4 Å². The second-order valence-corrected chi connectivity index (χ2v) is 6.16. The van der Waals surface area contributed by atoms with E-state index in [-0.39, 0.29) is 18.0 Å². The minimum atomic E-state index is -1.05. The average molecular weight is 375 g/mol. The number of carbonyl (C=O) groups excluding carboxylic acids is 2. The molecule has 0 spiro atoms. The van der Waals surface area contributed by atoms with Crippen molar-refractivity contribution in [3.63, 3.8) is 0 Å². The molecule has 134 valence electrons. The number of nitrogens with one attached hydrogen (secondary N) is 1. The van der Waals surface area contributed by atoms with Gasteiger partial charge < -0.3 is 15.2 Å². The molecule has 1 atom stereocenters. The van der Waals surface area contributed by atoms with Gasteiger partial charge >= 0.3 is 5.97 Å². The number of ether oxygens (including phenoxy) is 1. The van der Waals surface area contributed by atoms with Crippen molar-refractivity contribution in [2.45, 2.75) is 13.0 Å². The third-order valence-corrected chi connectivity index (χ3v) is 4.08. The first-order valence-corrected chi connectivity index (χ1v) is 8.14. The van der Waals surface area contributed by atoms with Crippen molar-refractivity contribution in [3.8, 4) is 5.75 Å². The van der Waals surface area contributed by atoms with Gasteiger partial charge in [-0.1, -0.05) is 11.6 Å². The molecule has 1 aliphatic heterocycles. The fraction of sp³-hybridized carbons (Fsp3) is 0.167. The van der Waals surface area contributed by atoms with Crippen molar-refractivity contribution in [3.05, 3.63) is 53.1 Å². The molecule has 2 N–H and O–H groups in total. The van der Waals surface area contributed by atoms with E-state index >= 15 is 0 Å². The van der Waals surface area contributed by atoms with Crippen LogP contribution in [0.2, 0.25) is 5.02 Å². The predicted molar refractivity (Wildman–Crippen MR) is 95.9 cm³/mol. The number of aromatic carboxylic acids is 1. The molecule has 1 aliphatic rings. The molecule has 2 aromatic rings. The van der Waals surface area contributed by atoms with Crippen molar-refractivity contribution in [2.75, 3.05) is 16.8 Å². The molecule has 0 radical (unpaired) electrons. The molecule has 0 saturated heterocycles. The summed E-state index contributed by atoms with van der Waals surface area (Å²) in [6, 6.07) is 10.6. The summed E-state index contributed by atoms with van der Waals surface area (Å²) >= 11 is 5.99. The summed E-state index contributed by atoms with van der Waals surface area (Å²) in [7, 11) is 0. The summed E-state index contributed by atoms with van der Waals surface area (Å²) in [6.07, 6.45) is -0.716. The van der Waals surface area contributed by atoms with Gasteiger partial charge in [0.05, 0.1) is 11.3 Å². The van der Waals surface area contributed by atoms with E-state index in [0.717, 1.165) is 0 Å². The summed E-state index contributed by atoms with van der Waals surface area (Å²) in [5.74, 6) is -1.36. The monoisotopic (exact) mass is 374 g/mol. The first-order valence-electron chi connectivity index (χ1n) is 7.76. The lowest BCUT2D eigenvalue weighted by molar-refractivity contribution is -0.127. The number of amides is 2. The number of halogens is 1. The van der Waals surface area contributed by atoms with Crippen molar-refractivity contribution >= 4 is 40.8 Å². The Labute approximate surface area is 154 Å². The van der Waals surface area contributed by atoms with Crippen molar-refractivity contribution < 1.29 is 24.2 Å². The molecule has 8 heteroatoms. The fourth-order valence-electron chi connectivity index (χ4n) is 2.58. The number of benzene rings is 2. The number of nitrogens with zero attached hydrogens (tertiary/aromatic N) is 1. The number of carboxylic acids is 1. The summed E-state index contributed by atoms with van der Waals surface area (Å²) in [4.78, 5) is 36.9. The van der Waals surface area contributed by atoms with Crippen LogP contribution in [0, 0.1) is 0 Å². The SMILES string of the molecule is CC1Oc2ccc(Cl)cc2N(CC(=O)Nc2ccc(C(=O)O)cc2)C1=O. The zero-order chi connectivity index (χ0) is 18.8. The molecular formula is C18H15ClN2O5. The zero-order valence-electron chi connectivity index (χ0n) is 13.7. The van der Waals surface area contributed by atoms with Crippen molar-refractivity contribution in [1.29, 1.82) is 0 Å². The van der Waals surface area contributed by atoms with Crippen LogP contribution in [-0.2, 0) is 9.59 Å². The molecule has 1 heterocycles. The van der Waals surface area contributed by atoms with Gasteiger partial charge in [0.25, 0.3) is 5.91 Å². The van der Waals surface area contributed by atoms with Gasteiger partial charge in [-0.25, -0.2) is 4.79 Å². The van der Waals surface area contributed by atoms with E-state index in [1.54, 1.807) is 25.1 Å². The number of carbonyl (C=O) groups is 3. The van der Waals surface area contributed by atoms with E-state index in [2.05, 4.69) is 5.32 Å². The van der Waals surface area contributed by atoms with E-state index in [1.165, 1.54) is 29.2 Å². The molecule has 0 aromatic heterocycles. The van der Waals surface area contributed by atoms with Gasteiger partial charge in [-0.2, -0.15) is 0 Å². The van der Waals surface area contributed by atoms with E-state index in [9.17, 15) is 14.4 Å². The normalized spacial score (nSPS) is 15.8. The second kappa shape index (κ2) is 7.05. The Kier molecular flexibility index (Phi) is 4.81. The molecule has 3 rings (SSSR count). The maximum atomic E-state index is 12.4. The first-order chi connectivity index (χ1) is 12.3. The summed E-state index contributed by atoms with van der Waals surface area (Å²) in [5.41, 5.74) is 0.973. The molecule has 2 amide bonds. The molecule has 2 aromatic carbocycles. The van der Waals surface area contributed by atoms with Crippen LogP contribution in [0.25, 0.3) is 0 Å². The Morgan fingerprint density at radius 2 is 1.92 bits per heavy atom. The molecule has 0 aliphatic carbocycles. The van der Waals surface area contributed by atoms with E-state index in [0.29, 0.717) is 22.1 Å². The van der Waals surface area contributed by atoms with Crippen LogP contribution in [0.3, 0.4) is 0 Å². The minimum absolute atomic E-state index is 0.115. The van der Waals surface area contributed by atoms with Gasteiger partial charge in [0.2, 0.25) is 5.91 Å². The van der Waals surface area contributed by atoms with Gasteiger partial charge in [-0.3, -0.25) is 14.5 Å². The highest BCUT2D eigenvalue weighted by Gasteiger charge is 2.32. The van der Waals surface area contributed by atoms with E-state index in [4.69, 9.17) is 21.4 Å². The quantitative estimate of drug-likeness (QED) is 0.857. The number of carboxylic acid groups (broad SMARTS) is 1. The maximum Gasteiger partial charge on any atom is 0.335 e. The molecule has 7 nitrogen and oxygen atoms in total. The molecule has 0 saturated carbocycles. The number of hydrogen-bond acceptors (Lipinski definition) is 4. The highest BCUT2D eigenvalue weighted by molar-refractivity contribution is 6.31. The number of anilines is 2. The van der Waals surface area contributed by atoms with Gasteiger partial charge in [0.15, 0.2) is 6.10 Å². The Morgan fingerprint density at radius 3 is 2.58 bits per heavy atom. The Hall–Kier alpha value is -3.06. The summed E-state index contributed by atoms with van der Waals surface area (Å²) < 4.78 is 5.53. The molecule has 0 fully saturated rings. The van der Waals surface area contributed by atoms with Crippen molar-refractivity contribution in [1.82, 2.24) is 0 Å². The minimum Gasteiger partial charge on any atom is -0.479 e. The van der Waals surface area contributed by atoms with Crippen LogP contribution >= 0.6 is 11.6 Å². The Balaban J connectivity index is 1.77. The van der Waals surface area contributed by atoms with E-state index < -0.39 is 18.0 Å². The molecular weight excluding hydrogens is 360 g/mol. The fourth-order valence-corrected chi connectivity index (χ4v) is 2.75. The Bertz CT molecular complexity index is 882. The first kappa shape index (κ1) is 17.8. The second-order valence-electron chi connectivity index (χ2n) is 5.73. The van der Waals surface area contributed by atoms with Crippen LogP contribution in [0.4, 0.5) is 11.4 Å². The predicted octanol–water partition coefficient (Wildman–Crippen LogP) is 2.79. The number of hydrogen-bond donors (Lipinski definition) is 2. The van der Waals surface area contributed by atoms with Crippen LogP contribution in [0.1, 0.15) is 17.3 Å². The highest BCUT2D eigenvalue weighted by atomic mass is 35.5. The van der Waals surface area contributed by atoms with Crippen LogP contribution in [-0.4, -0.2) is 35.5 Å². The van der Waals surface area contributed by atoms with Gasteiger partial charge in [0, 0.05) is 10.7 Å². The standard InChI is InChI=1S/C18H15ClN2O5/c1-10-17(23)21(14-8-12(19)4-7-15(14)26-10)9-16(22)20-13-5-2-11(3-6-13)18(24)25/h2-8,10H,9H2,1H3,(H,20,22)(H,24,25). The maximum absolute atomic E-state index is 12.4. The number of rotatable bonds is 4. The molecule has 26 heavy (non-hydrogen) atoms. The number of fused-ring (bicyclic) bond motifs is 1. The third-order valence-electron chi connectivity index (χ3n) is 3.85. The van der Waals surface area contributed by atoms with Crippen LogP contribution in [0.15, 0.2) is 42.5 Å². The highest BCUT2D eigenvalue weighted by Crippen LogP contribution is 2.36. The van der Waals surface area contributed by atoms with Gasteiger partial charge in [-0.15, -0.1) is 0 Å². The lowest BCUT2D eigenvalue weighted by Crippen LogP contribution is -2.47. The lowest BCUT2D eigenvalue weighted by Gasteiger charge is -2.32. The smallest absolute Gasteiger partial charge is 0.335 e. The lowest BCUT2D eigenvalue weighted by atomic mass is 10.2. The Morgan fingerprint density at radius 1 is 1.23 bits per heavy atom. The van der Waals surface area contributed by atoms with Crippen LogP contribution in [0.5, 0.6) is 5.75 Å².